The number of unbranched alkanes of at least 4 members (excludes halogenated alkanes) is 1. The second-order valence-electron chi connectivity index (χ2n) is 4.39. The summed E-state index contributed by atoms with van der Waals surface area (Å²) in [5.41, 5.74) is 5.49. The smallest absolute Gasteiger partial charge is 0.00925 e. The molecule has 1 aliphatic rings. The molecule has 2 heteroatoms. The minimum Gasteiger partial charge on any atom is -0.330 e. The van der Waals surface area contributed by atoms with Gasteiger partial charge >= 0.3 is 0 Å². The van der Waals surface area contributed by atoms with Crippen molar-refractivity contribution in [3.8, 4) is 0 Å². The highest BCUT2D eigenvalue weighted by molar-refractivity contribution is 4.78. The van der Waals surface area contributed by atoms with E-state index < -0.39 is 0 Å². The maximum Gasteiger partial charge on any atom is 0.00925 e. The molecule has 0 bridgehead atoms. The number of rotatable bonds is 4. The Morgan fingerprint density at radius 2 is 2.08 bits per heavy atom. The van der Waals surface area contributed by atoms with Crippen molar-refractivity contribution < 1.29 is 0 Å². The lowest BCUT2D eigenvalue weighted by atomic mass is 9.92. The lowest BCUT2D eigenvalue weighted by Crippen LogP contribution is -2.42. The highest BCUT2D eigenvalue weighted by atomic mass is 15.2. The van der Waals surface area contributed by atoms with Gasteiger partial charge in [-0.2, -0.15) is 0 Å². The molecule has 0 amide bonds. The molecular formula is C11H24N2. The van der Waals surface area contributed by atoms with Gasteiger partial charge in [-0.3, -0.25) is 0 Å². The van der Waals surface area contributed by atoms with Crippen LogP contribution in [0, 0.1) is 5.92 Å². The van der Waals surface area contributed by atoms with Crippen LogP contribution in [0.3, 0.4) is 0 Å². The molecule has 78 valence electrons. The Morgan fingerprint density at radius 3 is 2.77 bits per heavy atom. The van der Waals surface area contributed by atoms with Crippen LogP contribution in [-0.4, -0.2) is 30.6 Å². The van der Waals surface area contributed by atoms with E-state index in [9.17, 15) is 0 Å². The average Bonchev–Trinajstić information content (AvgIpc) is 2.13. The first-order valence-electron chi connectivity index (χ1n) is 5.70. The number of hydrogen-bond acceptors (Lipinski definition) is 2. The first-order valence-corrected chi connectivity index (χ1v) is 5.70. The summed E-state index contributed by atoms with van der Waals surface area (Å²) in [6.45, 7) is 8.14. The van der Waals surface area contributed by atoms with Crippen molar-refractivity contribution in [1.29, 1.82) is 0 Å². The van der Waals surface area contributed by atoms with E-state index in [1.807, 2.05) is 0 Å². The van der Waals surface area contributed by atoms with Crippen LogP contribution in [0.5, 0.6) is 0 Å². The van der Waals surface area contributed by atoms with E-state index in [-0.39, 0.29) is 0 Å². The highest BCUT2D eigenvalue weighted by Gasteiger charge is 2.23. The molecule has 2 N–H and O–H groups in total. The second-order valence-corrected chi connectivity index (χ2v) is 4.39. The fourth-order valence-electron chi connectivity index (χ4n) is 2.20. The van der Waals surface area contributed by atoms with Crippen molar-refractivity contribution in [3.63, 3.8) is 0 Å². The van der Waals surface area contributed by atoms with Crippen molar-refractivity contribution in [2.24, 2.45) is 11.7 Å². The van der Waals surface area contributed by atoms with Gasteiger partial charge in [0.1, 0.15) is 0 Å². The monoisotopic (exact) mass is 184 g/mol. The number of nitrogens with zero attached hydrogens (tertiary/aromatic N) is 1. The lowest BCUT2D eigenvalue weighted by molar-refractivity contribution is 0.112. The molecule has 0 radical (unpaired) electrons. The molecule has 0 aromatic rings. The largest absolute Gasteiger partial charge is 0.330 e. The zero-order chi connectivity index (χ0) is 9.68. The van der Waals surface area contributed by atoms with Crippen molar-refractivity contribution in [2.75, 3.05) is 19.6 Å². The molecule has 2 nitrogen and oxygen atoms in total. The Bertz CT molecular complexity index is 136. The summed E-state index contributed by atoms with van der Waals surface area (Å²) >= 11 is 0. The van der Waals surface area contributed by atoms with E-state index in [0.29, 0.717) is 0 Å². The van der Waals surface area contributed by atoms with Crippen LogP contribution in [0.25, 0.3) is 0 Å². The fraction of sp³-hybridized carbons (Fsp3) is 1.00. The molecule has 0 aliphatic carbocycles. The highest BCUT2D eigenvalue weighted by Crippen LogP contribution is 2.22. The molecule has 2 unspecified atom stereocenters. The second kappa shape index (κ2) is 5.61. The van der Waals surface area contributed by atoms with Crippen LogP contribution in [0.4, 0.5) is 0 Å². The molecule has 1 aliphatic heterocycles. The third-order valence-electron chi connectivity index (χ3n) is 3.40. The third kappa shape index (κ3) is 3.28. The predicted octanol–water partition coefficient (Wildman–Crippen LogP) is 1.85. The van der Waals surface area contributed by atoms with Crippen LogP contribution in [-0.2, 0) is 0 Å². The van der Waals surface area contributed by atoms with Crippen molar-refractivity contribution >= 4 is 0 Å². The molecule has 0 saturated carbocycles. The van der Waals surface area contributed by atoms with E-state index in [0.717, 1.165) is 18.5 Å². The fourth-order valence-corrected chi connectivity index (χ4v) is 2.20. The van der Waals surface area contributed by atoms with Gasteiger partial charge in [0, 0.05) is 6.04 Å². The number of likely N-dealkylation sites (tertiary alicyclic amines) is 1. The Morgan fingerprint density at radius 1 is 1.31 bits per heavy atom. The van der Waals surface area contributed by atoms with Gasteiger partial charge < -0.3 is 10.6 Å². The molecule has 0 spiro atoms. The van der Waals surface area contributed by atoms with E-state index in [4.69, 9.17) is 5.73 Å². The summed E-state index contributed by atoms with van der Waals surface area (Å²) in [6.07, 6.45) is 5.24. The van der Waals surface area contributed by atoms with Crippen molar-refractivity contribution in [1.82, 2.24) is 4.90 Å². The van der Waals surface area contributed by atoms with Crippen molar-refractivity contribution in [2.45, 2.75) is 45.6 Å². The topological polar surface area (TPSA) is 29.3 Å². The zero-order valence-electron chi connectivity index (χ0n) is 9.13. The van der Waals surface area contributed by atoms with Crippen LogP contribution >= 0.6 is 0 Å². The summed E-state index contributed by atoms with van der Waals surface area (Å²) < 4.78 is 0. The number of piperidine rings is 1. The molecule has 1 saturated heterocycles. The minimum absolute atomic E-state index is 0.784. The Labute approximate surface area is 82.5 Å². The van der Waals surface area contributed by atoms with Crippen LogP contribution in [0.2, 0.25) is 0 Å². The lowest BCUT2D eigenvalue weighted by Gasteiger charge is -2.37. The third-order valence-corrected chi connectivity index (χ3v) is 3.40. The molecule has 1 heterocycles. The average molecular weight is 184 g/mol. The summed E-state index contributed by atoms with van der Waals surface area (Å²) in [5.74, 6) is 0.881. The zero-order valence-corrected chi connectivity index (χ0v) is 9.13. The first-order chi connectivity index (χ1) is 6.25. The number of nitrogens with two attached hydrogens (primary N) is 1. The predicted molar refractivity (Wildman–Crippen MR) is 57.7 cm³/mol. The Balaban J connectivity index is 2.23. The Hall–Kier alpha value is -0.0800. The SMILES string of the molecule is CC1CCCN(CCCCN)C1C. The van der Waals surface area contributed by atoms with Gasteiger partial charge in [-0.15, -0.1) is 0 Å². The molecule has 2 atom stereocenters. The van der Waals surface area contributed by atoms with Gasteiger partial charge in [-0.05, 0) is 58.2 Å². The van der Waals surface area contributed by atoms with Crippen molar-refractivity contribution in [3.05, 3.63) is 0 Å². The molecule has 0 aromatic carbocycles. The summed E-state index contributed by atoms with van der Waals surface area (Å²) in [7, 11) is 0. The summed E-state index contributed by atoms with van der Waals surface area (Å²) in [6, 6.07) is 0.784. The van der Waals surface area contributed by atoms with E-state index in [1.165, 1.54) is 38.8 Å². The van der Waals surface area contributed by atoms with Gasteiger partial charge in [-0.25, -0.2) is 0 Å². The first kappa shape index (κ1) is 11.0. The normalized spacial score (nSPS) is 30.7. The summed E-state index contributed by atoms with van der Waals surface area (Å²) in [5, 5.41) is 0. The maximum absolute atomic E-state index is 5.49. The van der Waals surface area contributed by atoms with Crippen LogP contribution < -0.4 is 5.73 Å². The molecule has 1 fully saturated rings. The van der Waals surface area contributed by atoms with Crippen LogP contribution in [0.15, 0.2) is 0 Å². The molecule has 13 heavy (non-hydrogen) atoms. The summed E-state index contributed by atoms with van der Waals surface area (Å²) in [4.78, 5) is 2.63. The number of hydrogen-bond donors (Lipinski definition) is 1. The van der Waals surface area contributed by atoms with E-state index in [1.54, 1.807) is 0 Å². The Kier molecular flexibility index (Phi) is 4.74. The standard InChI is InChI=1S/C11H24N2/c1-10-6-5-9-13(11(10)2)8-4-3-7-12/h10-11H,3-9,12H2,1-2H3. The van der Waals surface area contributed by atoms with Gasteiger partial charge in [0.25, 0.3) is 0 Å². The quantitative estimate of drug-likeness (QED) is 0.676. The molecular weight excluding hydrogens is 160 g/mol. The maximum atomic E-state index is 5.49. The molecule has 1 rings (SSSR count). The van der Waals surface area contributed by atoms with Gasteiger partial charge in [0.2, 0.25) is 0 Å². The minimum atomic E-state index is 0.784. The molecule has 0 aromatic heterocycles. The van der Waals surface area contributed by atoms with Gasteiger partial charge in [0.05, 0.1) is 0 Å². The van der Waals surface area contributed by atoms with Gasteiger partial charge in [0.15, 0.2) is 0 Å². The van der Waals surface area contributed by atoms with E-state index >= 15 is 0 Å². The van der Waals surface area contributed by atoms with Gasteiger partial charge in [-0.1, -0.05) is 6.92 Å². The van der Waals surface area contributed by atoms with E-state index in [2.05, 4.69) is 18.7 Å². The van der Waals surface area contributed by atoms with Crippen LogP contribution in [0.1, 0.15) is 39.5 Å².